The van der Waals surface area contributed by atoms with Crippen LogP contribution in [0.15, 0.2) is 70.5 Å². The molecule has 3 rings (SSSR count). The summed E-state index contributed by atoms with van der Waals surface area (Å²) in [6.45, 7) is 4.15. The Morgan fingerprint density at radius 3 is 2.70 bits per heavy atom. The van der Waals surface area contributed by atoms with E-state index in [2.05, 4.69) is 22.8 Å². The lowest BCUT2D eigenvalue weighted by molar-refractivity contribution is 0.625. The maximum atomic E-state index is 12.7. The largest absolute Gasteiger partial charge is 0.281 e. The van der Waals surface area contributed by atoms with Crippen molar-refractivity contribution in [3.05, 3.63) is 75.7 Å². The Balaban J connectivity index is 1.96. The Bertz CT molecular complexity index is 842. The number of aromatic nitrogens is 3. The van der Waals surface area contributed by atoms with Gasteiger partial charge in [-0.3, -0.25) is 9.36 Å². The van der Waals surface area contributed by atoms with Crippen LogP contribution in [0.3, 0.4) is 0 Å². The predicted molar refractivity (Wildman–Crippen MR) is 95.8 cm³/mol. The molecule has 0 saturated heterocycles. The Morgan fingerprint density at radius 2 is 2.00 bits per heavy atom. The molecule has 0 bridgehead atoms. The van der Waals surface area contributed by atoms with Gasteiger partial charge < -0.3 is 0 Å². The van der Waals surface area contributed by atoms with Gasteiger partial charge in [0.05, 0.1) is 0 Å². The number of allylic oxidation sites excluding steroid dienone is 1. The average Bonchev–Trinajstić information content (AvgIpc) is 3.10. The molecule has 2 heterocycles. The number of hydrogen-bond acceptors (Lipinski definition) is 5. The Hall–Kier alpha value is -2.18. The SMILES string of the molecule is C=CCn1c(SCc2cccs2)nnc(-c2ccccc2)c1=O. The molecule has 1 aromatic carbocycles. The molecule has 23 heavy (non-hydrogen) atoms. The maximum Gasteiger partial charge on any atom is 0.281 e. The molecule has 0 unspecified atom stereocenters. The van der Waals surface area contributed by atoms with Crippen molar-refractivity contribution in [3.8, 4) is 11.3 Å². The molecule has 116 valence electrons. The summed E-state index contributed by atoms with van der Waals surface area (Å²) in [5, 5.41) is 11.1. The number of thioether (sulfide) groups is 1. The second-order valence-corrected chi connectivity index (χ2v) is 6.74. The summed E-state index contributed by atoms with van der Waals surface area (Å²) in [6.07, 6.45) is 1.70. The summed E-state index contributed by atoms with van der Waals surface area (Å²) in [6, 6.07) is 13.5. The zero-order valence-electron chi connectivity index (χ0n) is 12.4. The van der Waals surface area contributed by atoms with Crippen molar-refractivity contribution in [2.75, 3.05) is 0 Å². The predicted octanol–water partition coefficient (Wildman–Crippen LogP) is 3.85. The van der Waals surface area contributed by atoms with E-state index in [1.807, 2.05) is 41.8 Å². The van der Waals surface area contributed by atoms with Gasteiger partial charge >= 0.3 is 0 Å². The highest BCUT2D eigenvalue weighted by atomic mass is 32.2. The molecule has 0 spiro atoms. The number of hydrogen-bond donors (Lipinski definition) is 0. The molecular weight excluding hydrogens is 326 g/mol. The second kappa shape index (κ2) is 7.39. The third kappa shape index (κ3) is 3.60. The van der Waals surface area contributed by atoms with Crippen LogP contribution < -0.4 is 5.56 Å². The number of thiophene rings is 1. The molecule has 4 nitrogen and oxygen atoms in total. The molecule has 0 fully saturated rings. The van der Waals surface area contributed by atoms with Crippen LogP contribution in [0.4, 0.5) is 0 Å². The third-order valence-electron chi connectivity index (χ3n) is 3.20. The van der Waals surface area contributed by atoms with E-state index in [9.17, 15) is 4.79 Å². The number of benzene rings is 1. The minimum atomic E-state index is -0.139. The molecular formula is C17H15N3OS2. The van der Waals surface area contributed by atoms with Gasteiger partial charge in [-0.1, -0.05) is 54.2 Å². The van der Waals surface area contributed by atoms with Gasteiger partial charge in [0.2, 0.25) is 0 Å². The smallest absolute Gasteiger partial charge is 0.280 e. The fourth-order valence-corrected chi connectivity index (χ4v) is 3.83. The molecule has 0 radical (unpaired) electrons. The highest BCUT2D eigenvalue weighted by Crippen LogP contribution is 2.23. The van der Waals surface area contributed by atoms with Crippen LogP contribution in [-0.2, 0) is 12.3 Å². The number of nitrogens with zero attached hydrogens (tertiary/aromatic N) is 3. The van der Waals surface area contributed by atoms with Crippen molar-refractivity contribution >= 4 is 23.1 Å². The topological polar surface area (TPSA) is 47.8 Å². The minimum absolute atomic E-state index is 0.139. The summed E-state index contributed by atoms with van der Waals surface area (Å²) >= 11 is 3.20. The summed E-state index contributed by atoms with van der Waals surface area (Å²) in [7, 11) is 0. The lowest BCUT2D eigenvalue weighted by Crippen LogP contribution is -2.25. The first-order chi connectivity index (χ1) is 11.3. The molecule has 0 aliphatic carbocycles. The molecule has 0 aliphatic heterocycles. The lowest BCUT2D eigenvalue weighted by atomic mass is 10.2. The van der Waals surface area contributed by atoms with E-state index >= 15 is 0 Å². The number of rotatable bonds is 6. The van der Waals surface area contributed by atoms with E-state index in [-0.39, 0.29) is 5.56 Å². The van der Waals surface area contributed by atoms with Crippen molar-refractivity contribution in [2.45, 2.75) is 17.5 Å². The van der Waals surface area contributed by atoms with Crippen molar-refractivity contribution in [3.63, 3.8) is 0 Å². The van der Waals surface area contributed by atoms with Crippen LogP contribution >= 0.6 is 23.1 Å². The molecule has 0 aliphatic rings. The molecule has 2 aromatic heterocycles. The van der Waals surface area contributed by atoms with E-state index in [4.69, 9.17) is 0 Å². The van der Waals surface area contributed by atoms with Gasteiger partial charge in [0.1, 0.15) is 0 Å². The van der Waals surface area contributed by atoms with E-state index in [0.717, 1.165) is 11.3 Å². The fraction of sp³-hybridized carbons (Fsp3) is 0.118. The van der Waals surface area contributed by atoms with Gasteiger partial charge in [0.15, 0.2) is 10.9 Å². The zero-order valence-corrected chi connectivity index (χ0v) is 14.0. The molecule has 0 amide bonds. The Labute approximate surface area is 142 Å². The first-order valence-electron chi connectivity index (χ1n) is 7.08. The van der Waals surface area contributed by atoms with Gasteiger partial charge in [-0.15, -0.1) is 28.1 Å². The Morgan fingerprint density at radius 1 is 1.17 bits per heavy atom. The molecule has 0 saturated carbocycles. The van der Waals surface area contributed by atoms with E-state index < -0.39 is 0 Å². The van der Waals surface area contributed by atoms with Crippen molar-refractivity contribution < 1.29 is 0 Å². The third-order valence-corrected chi connectivity index (χ3v) is 5.27. The first-order valence-corrected chi connectivity index (χ1v) is 8.95. The normalized spacial score (nSPS) is 10.6. The summed E-state index contributed by atoms with van der Waals surface area (Å²) in [5.74, 6) is 0.771. The first kappa shape index (κ1) is 15.7. The molecule has 3 aromatic rings. The van der Waals surface area contributed by atoms with Crippen LogP contribution in [0.1, 0.15) is 4.88 Å². The average molecular weight is 341 g/mol. The maximum absolute atomic E-state index is 12.7. The summed E-state index contributed by atoms with van der Waals surface area (Å²) < 4.78 is 1.63. The fourth-order valence-electron chi connectivity index (χ4n) is 2.11. The van der Waals surface area contributed by atoms with Crippen molar-refractivity contribution in [1.29, 1.82) is 0 Å². The van der Waals surface area contributed by atoms with Gasteiger partial charge in [-0.05, 0) is 11.4 Å². The van der Waals surface area contributed by atoms with Crippen LogP contribution in [0.5, 0.6) is 0 Å². The van der Waals surface area contributed by atoms with Crippen LogP contribution in [0.2, 0.25) is 0 Å². The lowest BCUT2D eigenvalue weighted by Gasteiger charge is -2.10. The zero-order chi connectivity index (χ0) is 16.1. The quantitative estimate of drug-likeness (QED) is 0.505. The second-order valence-electron chi connectivity index (χ2n) is 4.77. The van der Waals surface area contributed by atoms with Crippen molar-refractivity contribution in [1.82, 2.24) is 14.8 Å². The highest BCUT2D eigenvalue weighted by Gasteiger charge is 2.13. The van der Waals surface area contributed by atoms with Crippen LogP contribution in [0.25, 0.3) is 11.3 Å². The molecule has 0 N–H and O–H groups in total. The minimum Gasteiger partial charge on any atom is -0.280 e. The molecule has 6 heteroatoms. The van der Waals surface area contributed by atoms with Crippen LogP contribution in [0, 0.1) is 0 Å². The van der Waals surface area contributed by atoms with Crippen LogP contribution in [-0.4, -0.2) is 14.8 Å². The summed E-state index contributed by atoms with van der Waals surface area (Å²) in [5.41, 5.74) is 1.00. The standard InChI is InChI=1S/C17H15N3OS2/c1-2-10-20-16(21)15(13-7-4-3-5-8-13)18-19-17(20)23-12-14-9-6-11-22-14/h2-9,11H,1,10,12H2. The monoisotopic (exact) mass is 341 g/mol. The van der Waals surface area contributed by atoms with Gasteiger partial charge in [-0.2, -0.15) is 0 Å². The van der Waals surface area contributed by atoms with Gasteiger partial charge in [0, 0.05) is 22.7 Å². The van der Waals surface area contributed by atoms with Crippen molar-refractivity contribution in [2.24, 2.45) is 0 Å². The Kier molecular flexibility index (Phi) is 5.05. The van der Waals surface area contributed by atoms with E-state index in [1.54, 1.807) is 22.0 Å². The van der Waals surface area contributed by atoms with E-state index in [1.165, 1.54) is 16.6 Å². The van der Waals surface area contributed by atoms with Gasteiger partial charge in [0.25, 0.3) is 5.56 Å². The summed E-state index contributed by atoms with van der Waals surface area (Å²) in [4.78, 5) is 14.0. The molecule has 0 atom stereocenters. The van der Waals surface area contributed by atoms with Gasteiger partial charge in [-0.25, -0.2) is 0 Å². The highest BCUT2D eigenvalue weighted by molar-refractivity contribution is 7.98. The van der Waals surface area contributed by atoms with E-state index in [0.29, 0.717) is 17.4 Å².